The van der Waals surface area contributed by atoms with Crippen molar-refractivity contribution in [2.75, 3.05) is 0 Å². The second kappa shape index (κ2) is 3.28. The first kappa shape index (κ1) is 11.6. The number of ether oxygens (including phenoxy) is 1. The summed E-state index contributed by atoms with van der Waals surface area (Å²) in [5.41, 5.74) is 0. The Hall–Kier alpha value is -1.48. The van der Waals surface area contributed by atoms with Crippen LogP contribution in [0.1, 0.15) is 13.3 Å². The van der Waals surface area contributed by atoms with Gasteiger partial charge in [-0.1, -0.05) is 0 Å². The molecule has 1 heterocycles. The average Bonchev–Trinajstić information content (AvgIpc) is 2.24. The zero-order chi connectivity index (χ0) is 11.9. The fraction of sp³-hybridized carbons (Fsp3) is 0.500. The highest BCUT2D eigenvalue weighted by atomic mass is 32.2. The summed E-state index contributed by atoms with van der Waals surface area (Å²) < 4.78 is 34.8. The third-order valence-corrected chi connectivity index (χ3v) is 2.96. The van der Waals surface area contributed by atoms with Gasteiger partial charge in [0, 0.05) is 6.92 Å². The molecule has 8 nitrogen and oxygen atoms in total. The van der Waals surface area contributed by atoms with E-state index in [9.17, 15) is 22.8 Å². The molecule has 84 valence electrons. The lowest BCUT2D eigenvalue weighted by Gasteiger charge is -2.20. The van der Waals surface area contributed by atoms with Crippen molar-refractivity contribution in [2.24, 2.45) is 0 Å². The minimum Gasteiger partial charge on any atom is -0.429 e. The molecule has 9 heteroatoms. The number of hydrogen-bond donors (Lipinski definition) is 2. The maximum Gasteiger partial charge on any atom is 0.322 e. The molecule has 1 atom stereocenters. The first-order valence-electron chi connectivity index (χ1n) is 3.70. The quantitative estimate of drug-likeness (QED) is 0.329. The molecule has 1 aliphatic rings. The number of imide groups is 1. The van der Waals surface area contributed by atoms with Gasteiger partial charge in [0.05, 0.1) is 6.42 Å². The predicted octanol–water partition coefficient (Wildman–Crippen LogP) is -1.82. The summed E-state index contributed by atoms with van der Waals surface area (Å²) in [6, 6.07) is 0. The van der Waals surface area contributed by atoms with Crippen LogP contribution in [-0.2, 0) is 29.2 Å². The summed E-state index contributed by atoms with van der Waals surface area (Å²) in [7, 11) is -5.02. The van der Waals surface area contributed by atoms with E-state index >= 15 is 0 Å². The molecule has 0 spiro atoms. The van der Waals surface area contributed by atoms with Crippen LogP contribution in [0.5, 0.6) is 0 Å². The Bertz CT molecular complexity index is 438. The second-order valence-corrected chi connectivity index (χ2v) is 4.49. The number of carbonyl (C=O) groups is 3. The highest BCUT2D eigenvalue weighted by Crippen LogP contribution is 2.27. The van der Waals surface area contributed by atoms with Crippen LogP contribution in [0.3, 0.4) is 0 Å². The SMILES string of the molecule is CC(=O)OC1(S(=O)(=O)O)CC(=O)NC1=O. The number of nitrogens with one attached hydrogen (secondary N) is 1. The monoisotopic (exact) mass is 237 g/mol. The van der Waals surface area contributed by atoms with E-state index in [1.54, 1.807) is 5.32 Å². The van der Waals surface area contributed by atoms with Crippen molar-refractivity contribution in [1.82, 2.24) is 5.32 Å². The summed E-state index contributed by atoms with van der Waals surface area (Å²) in [4.78, 5) is 29.7. The molecule has 1 fully saturated rings. The van der Waals surface area contributed by atoms with Gasteiger partial charge in [0.15, 0.2) is 0 Å². The van der Waals surface area contributed by atoms with Crippen LogP contribution in [0.25, 0.3) is 0 Å². The van der Waals surface area contributed by atoms with Gasteiger partial charge in [-0.05, 0) is 0 Å². The van der Waals surface area contributed by atoms with Crippen LogP contribution in [0.2, 0.25) is 0 Å². The Morgan fingerprint density at radius 2 is 2.07 bits per heavy atom. The molecule has 1 unspecified atom stereocenters. The summed E-state index contributed by atoms with van der Waals surface area (Å²) in [5.74, 6) is -3.42. The van der Waals surface area contributed by atoms with Gasteiger partial charge in [-0.25, -0.2) is 0 Å². The maximum atomic E-state index is 11.1. The van der Waals surface area contributed by atoms with E-state index in [2.05, 4.69) is 4.74 Å². The summed E-state index contributed by atoms with van der Waals surface area (Å²) >= 11 is 0. The van der Waals surface area contributed by atoms with E-state index in [1.807, 2.05) is 0 Å². The average molecular weight is 237 g/mol. The van der Waals surface area contributed by atoms with Crippen molar-refractivity contribution in [2.45, 2.75) is 18.3 Å². The van der Waals surface area contributed by atoms with Gasteiger partial charge in [0.2, 0.25) is 5.91 Å². The fourth-order valence-corrected chi connectivity index (χ4v) is 1.95. The van der Waals surface area contributed by atoms with Crippen molar-refractivity contribution >= 4 is 27.9 Å². The Labute approximate surface area is 84.3 Å². The van der Waals surface area contributed by atoms with Crippen LogP contribution in [-0.4, -0.2) is 35.7 Å². The maximum absolute atomic E-state index is 11.1. The summed E-state index contributed by atoms with van der Waals surface area (Å²) in [5, 5.41) is 1.63. The Morgan fingerprint density at radius 1 is 1.53 bits per heavy atom. The van der Waals surface area contributed by atoms with Crippen LogP contribution < -0.4 is 5.32 Å². The number of carbonyl (C=O) groups excluding carboxylic acids is 3. The highest BCUT2D eigenvalue weighted by Gasteiger charge is 2.60. The Morgan fingerprint density at radius 3 is 2.33 bits per heavy atom. The molecule has 0 aliphatic carbocycles. The smallest absolute Gasteiger partial charge is 0.322 e. The lowest BCUT2D eigenvalue weighted by Crippen LogP contribution is -2.48. The van der Waals surface area contributed by atoms with E-state index in [4.69, 9.17) is 4.55 Å². The molecule has 0 aromatic rings. The fourth-order valence-electron chi connectivity index (χ4n) is 1.13. The molecule has 0 saturated carbocycles. The van der Waals surface area contributed by atoms with Gasteiger partial charge in [-0.3, -0.25) is 24.3 Å². The first-order valence-corrected chi connectivity index (χ1v) is 5.14. The molecule has 0 radical (unpaired) electrons. The molecule has 15 heavy (non-hydrogen) atoms. The molecule has 0 aromatic carbocycles. The standard InChI is InChI=1S/C6H7NO7S/c1-3(8)14-6(15(11,12)13)2-4(9)7-5(6)10/h2H2,1H3,(H,7,9,10)(H,11,12,13). The largest absolute Gasteiger partial charge is 0.429 e. The number of esters is 1. The van der Waals surface area contributed by atoms with Crippen LogP contribution in [0, 0.1) is 0 Å². The molecule has 1 rings (SSSR count). The van der Waals surface area contributed by atoms with Crippen LogP contribution in [0.15, 0.2) is 0 Å². The number of rotatable bonds is 2. The van der Waals surface area contributed by atoms with Crippen molar-refractivity contribution in [3.63, 3.8) is 0 Å². The minimum absolute atomic E-state index is 0.850. The van der Waals surface area contributed by atoms with E-state index in [1.165, 1.54) is 0 Å². The van der Waals surface area contributed by atoms with Gasteiger partial charge in [0.25, 0.3) is 5.91 Å². The minimum atomic E-state index is -5.02. The van der Waals surface area contributed by atoms with Crippen LogP contribution in [0.4, 0.5) is 0 Å². The molecule has 1 saturated heterocycles. The molecule has 0 aromatic heterocycles. The second-order valence-electron chi connectivity index (χ2n) is 2.88. The molecule has 1 aliphatic heterocycles. The Kier molecular flexibility index (Phi) is 2.53. The van der Waals surface area contributed by atoms with Gasteiger partial charge >= 0.3 is 21.0 Å². The lowest BCUT2D eigenvalue weighted by molar-refractivity contribution is -0.156. The van der Waals surface area contributed by atoms with Crippen molar-refractivity contribution in [1.29, 1.82) is 0 Å². The van der Waals surface area contributed by atoms with Crippen molar-refractivity contribution in [3.8, 4) is 0 Å². The van der Waals surface area contributed by atoms with Crippen LogP contribution >= 0.6 is 0 Å². The number of hydrogen-bond acceptors (Lipinski definition) is 6. The van der Waals surface area contributed by atoms with Gasteiger partial charge in [0.1, 0.15) is 0 Å². The van der Waals surface area contributed by atoms with E-state index < -0.39 is 39.3 Å². The van der Waals surface area contributed by atoms with Gasteiger partial charge < -0.3 is 4.74 Å². The summed E-state index contributed by atoms with van der Waals surface area (Å²) in [6.45, 7) is 0.850. The van der Waals surface area contributed by atoms with Crippen molar-refractivity contribution in [3.05, 3.63) is 0 Å². The number of amides is 2. The zero-order valence-corrected chi connectivity index (χ0v) is 8.33. The topological polar surface area (TPSA) is 127 Å². The van der Waals surface area contributed by atoms with E-state index in [0.29, 0.717) is 0 Å². The van der Waals surface area contributed by atoms with Gasteiger partial charge in [-0.15, -0.1) is 0 Å². The molecule has 0 bridgehead atoms. The zero-order valence-electron chi connectivity index (χ0n) is 7.51. The highest BCUT2D eigenvalue weighted by molar-refractivity contribution is 7.88. The normalized spacial score (nSPS) is 26.3. The Balaban J connectivity index is 3.26. The third-order valence-electron chi connectivity index (χ3n) is 1.72. The van der Waals surface area contributed by atoms with Gasteiger partial charge in [-0.2, -0.15) is 8.42 Å². The van der Waals surface area contributed by atoms with E-state index in [-0.39, 0.29) is 0 Å². The van der Waals surface area contributed by atoms with Crippen molar-refractivity contribution < 1.29 is 32.1 Å². The predicted molar refractivity (Wildman–Crippen MR) is 43.8 cm³/mol. The summed E-state index contributed by atoms with van der Waals surface area (Å²) in [6.07, 6.45) is -0.940. The third kappa shape index (κ3) is 1.83. The first-order chi connectivity index (χ1) is 6.69. The molecule has 2 amide bonds. The molecular weight excluding hydrogens is 230 g/mol. The van der Waals surface area contributed by atoms with E-state index in [0.717, 1.165) is 6.92 Å². The molecular formula is C6H7NO7S. The molecule has 2 N–H and O–H groups in total. The lowest BCUT2D eigenvalue weighted by atomic mass is 10.3.